The fourth-order valence-electron chi connectivity index (χ4n) is 2.85. The summed E-state index contributed by atoms with van der Waals surface area (Å²) in [5, 5.41) is 4.95. The van der Waals surface area contributed by atoms with E-state index in [1.54, 1.807) is 32.0 Å². The van der Waals surface area contributed by atoms with E-state index in [-0.39, 0.29) is 11.4 Å². The maximum Gasteiger partial charge on any atom is 0.257 e. The van der Waals surface area contributed by atoms with Crippen LogP contribution in [0.15, 0.2) is 47.4 Å². The van der Waals surface area contributed by atoms with Crippen LogP contribution in [0, 0.1) is 17.6 Å². The molecule has 7 nitrogen and oxygen atoms in total. The summed E-state index contributed by atoms with van der Waals surface area (Å²) >= 11 is 0. The molecule has 0 heterocycles. The predicted molar refractivity (Wildman–Crippen MR) is 112 cm³/mol. The highest BCUT2D eigenvalue weighted by molar-refractivity contribution is 7.89. The summed E-state index contributed by atoms with van der Waals surface area (Å²) in [4.78, 5) is 25.1. The molecule has 0 aliphatic rings. The van der Waals surface area contributed by atoms with Gasteiger partial charge in [0.15, 0.2) is 0 Å². The van der Waals surface area contributed by atoms with Gasteiger partial charge in [0, 0.05) is 20.6 Å². The predicted octanol–water partition coefficient (Wildman–Crippen LogP) is 2.29. The summed E-state index contributed by atoms with van der Waals surface area (Å²) in [7, 11) is -0.928. The fourth-order valence-corrected chi connectivity index (χ4v) is 3.97. The molecule has 2 amide bonds. The molecular formula is C21H25F2N3O4S. The quantitative estimate of drug-likeness (QED) is 0.641. The number of sulfonamides is 1. The lowest BCUT2D eigenvalue weighted by Crippen LogP contribution is -2.49. The summed E-state index contributed by atoms with van der Waals surface area (Å²) in [6, 6.07) is 8.14. The van der Waals surface area contributed by atoms with Crippen molar-refractivity contribution in [3.8, 4) is 0 Å². The summed E-state index contributed by atoms with van der Waals surface area (Å²) in [5.74, 6) is -4.15. The molecule has 168 valence electrons. The van der Waals surface area contributed by atoms with Gasteiger partial charge in [-0.15, -0.1) is 0 Å². The van der Waals surface area contributed by atoms with E-state index >= 15 is 0 Å². The molecule has 0 saturated carbocycles. The third-order valence-electron chi connectivity index (χ3n) is 4.61. The van der Waals surface area contributed by atoms with E-state index in [0.29, 0.717) is 5.56 Å². The zero-order valence-electron chi connectivity index (χ0n) is 17.6. The fraction of sp³-hybridized carbons (Fsp3) is 0.333. The SMILES string of the molecule is CC(C)[C@H](NC(=O)c1c(F)cccc1F)C(=O)NCc1ccccc1S(=O)(=O)N(C)C. The van der Waals surface area contributed by atoms with Crippen LogP contribution in [-0.2, 0) is 21.4 Å². The third kappa shape index (κ3) is 5.65. The molecule has 2 rings (SSSR count). The van der Waals surface area contributed by atoms with Gasteiger partial charge in [-0.1, -0.05) is 38.1 Å². The lowest BCUT2D eigenvalue weighted by molar-refractivity contribution is -0.124. The summed E-state index contributed by atoms with van der Waals surface area (Å²) in [6.07, 6.45) is 0. The van der Waals surface area contributed by atoms with Crippen molar-refractivity contribution in [2.75, 3.05) is 14.1 Å². The molecule has 2 aromatic rings. The van der Waals surface area contributed by atoms with Gasteiger partial charge < -0.3 is 10.6 Å². The number of nitrogens with zero attached hydrogens (tertiary/aromatic N) is 1. The monoisotopic (exact) mass is 453 g/mol. The summed E-state index contributed by atoms with van der Waals surface area (Å²) in [6.45, 7) is 3.20. The number of carbonyl (C=O) groups is 2. The van der Waals surface area contributed by atoms with Gasteiger partial charge in [-0.05, 0) is 29.7 Å². The molecule has 0 unspecified atom stereocenters. The average Bonchev–Trinajstić information content (AvgIpc) is 2.70. The Kier molecular flexibility index (Phi) is 7.85. The number of hydrogen-bond donors (Lipinski definition) is 2. The van der Waals surface area contributed by atoms with E-state index in [2.05, 4.69) is 10.6 Å². The van der Waals surface area contributed by atoms with Crippen LogP contribution < -0.4 is 10.6 Å². The molecule has 2 aromatic carbocycles. The molecule has 0 fully saturated rings. The Hall–Kier alpha value is -2.85. The Bertz CT molecular complexity index is 1050. The van der Waals surface area contributed by atoms with Crippen molar-refractivity contribution in [3.05, 3.63) is 65.2 Å². The summed E-state index contributed by atoms with van der Waals surface area (Å²) < 4.78 is 53.8. The van der Waals surface area contributed by atoms with E-state index in [1.165, 1.54) is 20.2 Å². The first-order valence-corrected chi connectivity index (χ1v) is 10.9. The van der Waals surface area contributed by atoms with E-state index in [9.17, 15) is 26.8 Å². The van der Waals surface area contributed by atoms with Crippen LogP contribution in [0.2, 0.25) is 0 Å². The van der Waals surface area contributed by atoms with Crippen LogP contribution in [0.1, 0.15) is 29.8 Å². The molecule has 10 heteroatoms. The lowest BCUT2D eigenvalue weighted by Gasteiger charge is -2.22. The van der Waals surface area contributed by atoms with E-state index < -0.39 is 51.0 Å². The van der Waals surface area contributed by atoms with Gasteiger partial charge in [0.25, 0.3) is 5.91 Å². The van der Waals surface area contributed by atoms with Crippen molar-refractivity contribution in [1.82, 2.24) is 14.9 Å². The minimum atomic E-state index is -3.73. The number of halogens is 2. The number of rotatable bonds is 8. The van der Waals surface area contributed by atoms with Crippen molar-refractivity contribution in [3.63, 3.8) is 0 Å². The van der Waals surface area contributed by atoms with Crippen LogP contribution in [0.4, 0.5) is 8.78 Å². The maximum absolute atomic E-state index is 13.9. The normalized spacial score (nSPS) is 12.6. The zero-order chi connectivity index (χ0) is 23.3. The first-order chi connectivity index (χ1) is 14.5. The van der Waals surface area contributed by atoms with E-state index in [4.69, 9.17) is 0 Å². The lowest BCUT2D eigenvalue weighted by atomic mass is 10.0. The van der Waals surface area contributed by atoms with E-state index in [1.807, 2.05) is 0 Å². The molecule has 0 bridgehead atoms. The van der Waals surface area contributed by atoms with Crippen molar-refractivity contribution < 1.29 is 26.8 Å². The van der Waals surface area contributed by atoms with Gasteiger partial charge in [-0.2, -0.15) is 0 Å². The minimum absolute atomic E-state index is 0.0406. The molecule has 0 radical (unpaired) electrons. The molecule has 0 aliphatic heterocycles. The standard InChI is InChI=1S/C21H25F2N3O4S/c1-13(2)19(25-20(27)18-15(22)9-7-10-16(18)23)21(28)24-12-14-8-5-6-11-17(14)31(29,30)26(3)4/h5-11,13,19H,12H2,1-4H3,(H,24,28)(H,25,27)/t19-/m0/s1. The topological polar surface area (TPSA) is 95.6 Å². The second-order valence-electron chi connectivity index (χ2n) is 7.40. The molecule has 0 aromatic heterocycles. The van der Waals surface area contributed by atoms with Gasteiger partial charge >= 0.3 is 0 Å². The van der Waals surface area contributed by atoms with Crippen LogP contribution in [0.5, 0.6) is 0 Å². The third-order valence-corrected chi connectivity index (χ3v) is 6.53. The van der Waals surface area contributed by atoms with Gasteiger partial charge in [0.05, 0.1) is 4.90 Å². The summed E-state index contributed by atoms with van der Waals surface area (Å²) in [5.41, 5.74) is -0.415. The molecule has 0 saturated heterocycles. The Balaban J connectivity index is 2.19. The van der Waals surface area contributed by atoms with Gasteiger partial charge in [0.2, 0.25) is 15.9 Å². The van der Waals surface area contributed by atoms with E-state index in [0.717, 1.165) is 22.5 Å². The van der Waals surface area contributed by atoms with Gasteiger partial charge in [-0.3, -0.25) is 9.59 Å². The molecule has 31 heavy (non-hydrogen) atoms. The average molecular weight is 454 g/mol. The highest BCUT2D eigenvalue weighted by Crippen LogP contribution is 2.19. The highest BCUT2D eigenvalue weighted by atomic mass is 32.2. The number of amides is 2. The van der Waals surface area contributed by atoms with Crippen molar-refractivity contribution in [2.24, 2.45) is 5.92 Å². The second-order valence-corrected chi connectivity index (χ2v) is 9.53. The van der Waals surface area contributed by atoms with Crippen LogP contribution in [0.3, 0.4) is 0 Å². The Morgan fingerprint density at radius 1 is 1.00 bits per heavy atom. The zero-order valence-corrected chi connectivity index (χ0v) is 18.5. The molecule has 1 atom stereocenters. The first-order valence-electron chi connectivity index (χ1n) is 9.49. The minimum Gasteiger partial charge on any atom is -0.350 e. The van der Waals surface area contributed by atoms with Crippen molar-refractivity contribution in [1.29, 1.82) is 0 Å². The Morgan fingerprint density at radius 2 is 1.58 bits per heavy atom. The largest absolute Gasteiger partial charge is 0.350 e. The van der Waals surface area contributed by atoms with Crippen LogP contribution >= 0.6 is 0 Å². The number of nitrogens with one attached hydrogen (secondary N) is 2. The molecule has 0 spiro atoms. The number of hydrogen-bond acceptors (Lipinski definition) is 4. The van der Waals surface area contributed by atoms with Gasteiger partial charge in [-0.25, -0.2) is 21.5 Å². The van der Waals surface area contributed by atoms with Crippen LogP contribution in [0.25, 0.3) is 0 Å². The highest BCUT2D eigenvalue weighted by Gasteiger charge is 2.28. The molecular weight excluding hydrogens is 428 g/mol. The number of benzene rings is 2. The Morgan fingerprint density at radius 3 is 2.13 bits per heavy atom. The maximum atomic E-state index is 13.9. The van der Waals surface area contributed by atoms with Crippen molar-refractivity contribution >= 4 is 21.8 Å². The smallest absolute Gasteiger partial charge is 0.257 e. The van der Waals surface area contributed by atoms with Gasteiger partial charge in [0.1, 0.15) is 23.2 Å². The van der Waals surface area contributed by atoms with Crippen LogP contribution in [-0.4, -0.2) is 44.7 Å². The molecule has 0 aliphatic carbocycles. The number of carbonyl (C=O) groups excluding carboxylic acids is 2. The first kappa shape index (κ1) is 24.4. The van der Waals surface area contributed by atoms with Crippen molar-refractivity contribution in [2.45, 2.75) is 31.3 Å². The second kappa shape index (κ2) is 9.97. The molecule has 2 N–H and O–H groups in total. The Labute approximate surface area is 180 Å².